The summed E-state index contributed by atoms with van der Waals surface area (Å²) in [6, 6.07) is -0.332. The highest BCUT2D eigenvalue weighted by atomic mass is 19.4. The van der Waals surface area contributed by atoms with E-state index in [1.807, 2.05) is 25.7 Å². The maximum Gasteiger partial charge on any atom is 0.522 e. The third kappa shape index (κ3) is 5.54. The maximum absolute atomic E-state index is 12.2. The number of hydrogen-bond donors (Lipinski definition) is 0. The lowest BCUT2D eigenvalue weighted by atomic mass is 10.1. The number of likely N-dealkylation sites (N-methyl/N-ethyl adjacent to an activating group) is 1. The summed E-state index contributed by atoms with van der Waals surface area (Å²) in [5.41, 5.74) is 0. The number of halogens is 3. The molecular formula is C12H24F3NO2. The molecule has 3 nitrogen and oxygen atoms in total. The average molecular weight is 271 g/mol. The van der Waals surface area contributed by atoms with Gasteiger partial charge in [0.25, 0.3) is 0 Å². The molecule has 0 aromatic carbocycles. The lowest BCUT2D eigenvalue weighted by Crippen LogP contribution is -2.45. The molecule has 0 amide bonds. The van der Waals surface area contributed by atoms with Crippen LogP contribution in [0.25, 0.3) is 0 Å². The zero-order valence-electron chi connectivity index (χ0n) is 11.8. The van der Waals surface area contributed by atoms with Crippen molar-refractivity contribution in [1.29, 1.82) is 0 Å². The highest BCUT2D eigenvalue weighted by Crippen LogP contribution is 2.29. The highest BCUT2D eigenvalue weighted by molar-refractivity contribution is 4.90. The molecule has 0 aromatic heterocycles. The lowest BCUT2D eigenvalue weighted by molar-refractivity contribution is -0.346. The molecule has 1 saturated heterocycles. The number of hydrogen-bond acceptors (Lipinski definition) is 3. The van der Waals surface area contributed by atoms with E-state index < -0.39 is 12.5 Å². The van der Waals surface area contributed by atoms with Gasteiger partial charge in [-0.1, -0.05) is 13.8 Å². The van der Waals surface area contributed by atoms with Crippen LogP contribution < -0.4 is 0 Å². The normalized spacial score (nSPS) is 26.7. The third-order valence-corrected chi connectivity index (χ3v) is 2.85. The Morgan fingerprint density at radius 3 is 2.33 bits per heavy atom. The van der Waals surface area contributed by atoms with E-state index in [9.17, 15) is 13.2 Å². The molecule has 0 radical (unpaired) electrons. The predicted octanol–water partition coefficient (Wildman–Crippen LogP) is 3.05. The van der Waals surface area contributed by atoms with E-state index in [0.717, 1.165) is 0 Å². The van der Waals surface area contributed by atoms with Crippen molar-refractivity contribution >= 4 is 0 Å². The van der Waals surface area contributed by atoms with Crippen LogP contribution in [0.3, 0.4) is 0 Å². The molecule has 1 heterocycles. The van der Waals surface area contributed by atoms with Crippen molar-refractivity contribution in [1.82, 2.24) is 4.90 Å². The van der Waals surface area contributed by atoms with Gasteiger partial charge in [0.05, 0.1) is 18.2 Å². The average Bonchev–Trinajstić information content (AvgIpc) is 2.60. The molecular weight excluding hydrogens is 247 g/mol. The quantitative estimate of drug-likeness (QED) is 0.784. The van der Waals surface area contributed by atoms with Crippen molar-refractivity contribution in [3.05, 3.63) is 0 Å². The van der Waals surface area contributed by atoms with Crippen LogP contribution in [0.5, 0.6) is 0 Å². The predicted molar refractivity (Wildman–Crippen MR) is 64.4 cm³/mol. The van der Waals surface area contributed by atoms with Gasteiger partial charge in [0.15, 0.2) is 0 Å². The molecule has 0 spiro atoms. The Kier molecular flexibility index (Phi) is 7.82. The van der Waals surface area contributed by atoms with E-state index in [1.165, 1.54) is 0 Å². The van der Waals surface area contributed by atoms with Crippen LogP contribution >= 0.6 is 0 Å². The standard InChI is InChI=1S/C10H18F3NO2.C2H6/c1-4-15-7(2)9-8(5-6-14(9)3)16-10(11,12)13;1-2/h7-9H,4-6H2,1-3H3;1-2H3/t7-,8-,9+;/m0./s1. The first-order chi connectivity index (χ1) is 8.35. The minimum atomic E-state index is -4.57. The van der Waals surface area contributed by atoms with E-state index >= 15 is 0 Å². The minimum absolute atomic E-state index is 0.259. The Morgan fingerprint density at radius 1 is 1.33 bits per heavy atom. The fourth-order valence-corrected chi connectivity index (χ4v) is 2.26. The second-order valence-electron chi connectivity index (χ2n) is 4.02. The van der Waals surface area contributed by atoms with E-state index in [2.05, 4.69) is 4.74 Å². The molecule has 1 fully saturated rings. The van der Waals surface area contributed by atoms with Crippen LogP contribution in [0, 0.1) is 0 Å². The van der Waals surface area contributed by atoms with Gasteiger partial charge >= 0.3 is 6.36 Å². The molecule has 1 aliphatic heterocycles. The smallest absolute Gasteiger partial charge is 0.377 e. The van der Waals surface area contributed by atoms with Gasteiger partial charge < -0.3 is 4.74 Å². The summed E-state index contributed by atoms with van der Waals surface area (Å²) in [5, 5.41) is 0. The molecule has 110 valence electrons. The lowest BCUT2D eigenvalue weighted by Gasteiger charge is -2.30. The van der Waals surface area contributed by atoms with Crippen molar-refractivity contribution in [3.63, 3.8) is 0 Å². The number of ether oxygens (including phenoxy) is 2. The summed E-state index contributed by atoms with van der Waals surface area (Å²) in [6.45, 7) is 8.70. The van der Waals surface area contributed by atoms with E-state index in [0.29, 0.717) is 19.6 Å². The van der Waals surface area contributed by atoms with Crippen LogP contribution in [-0.2, 0) is 9.47 Å². The van der Waals surface area contributed by atoms with Gasteiger partial charge in [-0.3, -0.25) is 9.64 Å². The highest BCUT2D eigenvalue weighted by Gasteiger charge is 2.43. The largest absolute Gasteiger partial charge is 0.522 e. The Morgan fingerprint density at radius 2 is 1.89 bits per heavy atom. The Bertz CT molecular complexity index is 224. The summed E-state index contributed by atoms with van der Waals surface area (Å²) in [6.07, 6.45) is -5.27. The van der Waals surface area contributed by atoms with Crippen LogP contribution in [0.2, 0.25) is 0 Å². The monoisotopic (exact) mass is 271 g/mol. The molecule has 0 bridgehead atoms. The van der Waals surface area contributed by atoms with Gasteiger partial charge in [-0.05, 0) is 27.3 Å². The molecule has 3 atom stereocenters. The van der Waals surface area contributed by atoms with E-state index in [1.54, 1.807) is 14.0 Å². The van der Waals surface area contributed by atoms with Gasteiger partial charge in [-0.25, -0.2) is 0 Å². The first-order valence-electron chi connectivity index (χ1n) is 6.41. The fourth-order valence-electron chi connectivity index (χ4n) is 2.26. The van der Waals surface area contributed by atoms with Crippen LogP contribution in [0.1, 0.15) is 34.1 Å². The van der Waals surface area contributed by atoms with Crippen molar-refractivity contribution < 1.29 is 22.6 Å². The number of likely N-dealkylation sites (tertiary alicyclic amines) is 1. The third-order valence-electron chi connectivity index (χ3n) is 2.85. The SMILES string of the molecule is CC.CCO[C@@H](C)[C@@H]1[C@@H](OC(F)(F)F)CCN1C. The van der Waals surface area contributed by atoms with Gasteiger partial charge in [0, 0.05) is 13.2 Å². The molecule has 0 aliphatic carbocycles. The van der Waals surface area contributed by atoms with Gasteiger partial charge in [0.2, 0.25) is 0 Å². The molecule has 0 unspecified atom stereocenters. The minimum Gasteiger partial charge on any atom is -0.377 e. The first kappa shape index (κ1) is 17.7. The zero-order chi connectivity index (χ0) is 14.3. The summed E-state index contributed by atoms with van der Waals surface area (Å²) >= 11 is 0. The summed E-state index contributed by atoms with van der Waals surface area (Å²) in [7, 11) is 1.79. The Balaban J connectivity index is 0.00000137. The second kappa shape index (κ2) is 7.96. The molecule has 1 aliphatic rings. The number of rotatable bonds is 4. The fraction of sp³-hybridized carbons (Fsp3) is 1.00. The van der Waals surface area contributed by atoms with Crippen LogP contribution in [0.15, 0.2) is 0 Å². The zero-order valence-corrected chi connectivity index (χ0v) is 11.8. The van der Waals surface area contributed by atoms with E-state index in [4.69, 9.17) is 4.74 Å². The van der Waals surface area contributed by atoms with Gasteiger partial charge in [-0.15, -0.1) is 13.2 Å². The summed E-state index contributed by atoms with van der Waals surface area (Å²) in [4.78, 5) is 1.86. The molecule has 0 aromatic rings. The van der Waals surface area contributed by atoms with Crippen molar-refractivity contribution in [2.45, 2.75) is 58.7 Å². The van der Waals surface area contributed by atoms with Crippen LogP contribution in [0.4, 0.5) is 13.2 Å². The first-order valence-corrected chi connectivity index (χ1v) is 6.41. The molecule has 0 N–H and O–H groups in total. The molecule has 6 heteroatoms. The molecule has 1 rings (SSSR count). The Labute approximate surface area is 107 Å². The molecule has 0 saturated carbocycles. The number of nitrogens with zero attached hydrogens (tertiary/aromatic N) is 1. The van der Waals surface area contributed by atoms with E-state index in [-0.39, 0.29) is 12.1 Å². The van der Waals surface area contributed by atoms with Gasteiger partial charge in [0.1, 0.15) is 0 Å². The van der Waals surface area contributed by atoms with Crippen molar-refractivity contribution in [2.24, 2.45) is 0 Å². The topological polar surface area (TPSA) is 21.7 Å². The van der Waals surface area contributed by atoms with Crippen molar-refractivity contribution in [3.8, 4) is 0 Å². The molecule has 18 heavy (non-hydrogen) atoms. The Hall–Kier alpha value is -0.330. The summed E-state index contributed by atoms with van der Waals surface area (Å²) < 4.78 is 46.0. The number of alkyl halides is 3. The second-order valence-corrected chi connectivity index (χ2v) is 4.02. The van der Waals surface area contributed by atoms with Crippen LogP contribution in [-0.4, -0.2) is 49.7 Å². The van der Waals surface area contributed by atoms with Gasteiger partial charge in [-0.2, -0.15) is 0 Å². The van der Waals surface area contributed by atoms with Crippen molar-refractivity contribution in [2.75, 3.05) is 20.2 Å². The maximum atomic E-state index is 12.2. The summed E-state index contributed by atoms with van der Waals surface area (Å²) in [5.74, 6) is 0.